The molecule has 2 aliphatic heterocycles. The Morgan fingerprint density at radius 2 is 1.88 bits per heavy atom. The molecular formula is C24H35ClFN5O. The summed E-state index contributed by atoms with van der Waals surface area (Å²) in [4.78, 5) is 19.7. The molecule has 2 saturated heterocycles. The molecule has 0 saturated carbocycles. The van der Waals surface area contributed by atoms with E-state index in [1.165, 1.54) is 12.1 Å². The van der Waals surface area contributed by atoms with E-state index in [2.05, 4.69) is 9.80 Å². The maximum atomic E-state index is 13.3. The molecule has 0 aromatic heterocycles. The molecule has 176 valence electrons. The molecule has 1 unspecified atom stereocenters. The summed E-state index contributed by atoms with van der Waals surface area (Å²) in [5.41, 5.74) is 13.5. The van der Waals surface area contributed by atoms with Crippen LogP contribution in [0.3, 0.4) is 0 Å². The molecule has 1 aromatic rings. The Kier molecular flexibility index (Phi) is 9.11. The molecule has 4 N–H and O–H groups in total. The molecule has 0 radical (unpaired) electrons. The summed E-state index contributed by atoms with van der Waals surface area (Å²) in [6.07, 6.45) is 7.23. The quantitative estimate of drug-likeness (QED) is 0.607. The van der Waals surface area contributed by atoms with Crippen LogP contribution in [-0.4, -0.2) is 72.5 Å². The van der Waals surface area contributed by atoms with Crippen molar-refractivity contribution in [2.75, 3.05) is 45.8 Å². The highest BCUT2D eigenvalue weighted by atomic mass is 35.5. The summed E-state index contributed by atoms with van der Waals surface area (Å²) in [7, 11) is 0. The van der Waals surface area contributed by atoms with Crippen LogP contribution in [0.2, 0.25) is 5.02 Å². The van der Waals surface area contributed by atoms with Crippen molar-refractivity contribution in [3.05, 3.63) is 58.5 Å². The zero-order valence-electron chi connectivity index (χ0n) is 18.9. The van der Waals surface area contributed by atoms with Crippen molar-refractivity contribution in [3.63, 3.8) is 0 Å². The van der Waals surface area contributed by atoms with E-state index in [-0.39, 0.29) is 23.7 Å². The number of halogens is 2. The van der Waals surface area contributed by atoms with Crippen molar-refractivity contribution in [2.45, 2.75) is 32.4 Å². The van der Waals surface area contributed by atoms with Crippen LogP contribution in [0.1, 0.15) is 25.3 Å². The van der Waals surface area contributed by atoms with E-state index >= 15 is 0 Å². The average molecular weight is 464 g/mol. The Balaban J connectivity index is 1.44. The van der Waals surface area contributed by atoms with E-state index in [4.69, 9.17) is 23.1 Å². The van der Waals surface area contributed by atoms with Crippen LogP contribution in [0, 0.1) is 11.7 Å². The Hall–Kier alpha value is -1.93. The smallest absolute Gasteiger partial charge is 0.225 e. The van der Waals surface area contributed by atoms with Crippen molar-refractivity contribution in [3.8, 4) is 0 Å². The fraction of sp³-hybridized carbons (Fsp3) is 0.542. The third-order valence-electron chi connectivity index (χ3n) is 6.22. The van der Waals surface area contributed by atoms with Gasteiger partial charge in [0.15, 0.2) is 0 Å². The first kappa shape index (κ1) is 24.7. The Bertz CT molecular complexity index is 828. The number of piperidine rings is 1. The predicted molar refractivity (Wildman–Crippen MR) is 127 cm³/mol. The van der Waals surface area contributed by atoms with Gasteiger partial charge in [-0.1, -0.05) is 23.7 Å². The third-order valence-corrected chi connectivity index (χ3v) is 6.58. The topological polar surface area (TPSA) is 78.8 Å². The van der Waals surface area contributed by atoms with E-state index in [0.29, 0.717) is 11.6 Å². The number of carbonyl (C=O) groups excluding carboxylic acids is 1. The summed E-state index contributed by atoms with van der Waals surface area (Å²) < 4.78 is 13.3. The first-order valence-electron chi connectivity index (χ1n) is 11.4. The predicted octanol–water partition coefficient (Wildman–Crippen LogP) is 2.58. The fourth-order valence-electron chi connectivity index (χ4n) is 4.49. The van der Waals surface area contributed by atoms with Gasteiger partial charge in [0.05, 0.1) is 0 Å². The maximum Gasteiger partial charge on any atom is 0.225 e. The Morgan fingerprint density at radius 3 is 2.47 bits per heavy atom. The standard InChI is InChI=1S/C24H35ClFN5O/c1-18(28)14-19(4-7-27)16-29-8-5-20(6-9-29)24(32)31-12-10-30(11-13-31)17-21-2-3-22(26)15-23(21)25/h2-4,7,14-15,18,20H,5-6,8-13,16-17,27-28H2,1H3/b7-4-,19-14+. The molecule has 0 spiro atoms. The van der Waals surface area contributed by atoms with Crippen LogP contribution in [0.15, 0.2) is 42.1 Å². The summed E-state index contributed by atoms with van der Waals surface area (Å²) in [6.45, 7) is 8.27. The zero-order chi connectivity index (χ0) is 23.1. The average Bonchev–Trinajstić information content (AvgIpc) is 2.76. The number of hydrogen-bond donors (Lipinski definition) is 2. The Morgan fingerprint density at radius 1 is 1.19 bits per heavy atom. The van der Waals surface area contributed by atoms with Gasteiger partial charge >= 0.3 is 0 Å². The monoisotopic (exact) mass is 463 g/mol. The number of benzene rings is 1. The molecule has 8 heteroatoms. The molecule has 1 aromatic carbocycles. The number of nitrogens with zero attached hydrogens (tertiary/aromatic N) is 3. The molecule has 1 atom stereocenters. The number of likely N-dealkylation sites (tertiary alicyclic amines) is 1. The van der Waals surface area contributed by atoms with Gasteiger partial charge in [0.25, 0.3) is 0 Å². The van der Waals surface area contributed by atoms with Gasteiger partial charge in [-0.05, 0) is 68.4 Å². The normalized spacial score (nSPS) is 20.8. The summed E-state index contributed by atoms with van der Waals surface area (Å²) >= 11 is 6.16. The molecule has 0 bridgehead atoms. The number of rotatable bonds is 7. The lowest BCUT2D eigenvalue weighted by molar-refractivity contribution is -0.138. The second-order valence-electron chi connectivity index (χ2n) is 8.85. The highest BCUT2D eigenvalue weighted by molar-refractivity contribution is 6.31. The van der Waals surface area contributed by atoms with Gasteiger partial charge in [-0.25, -0.2) is 4.39 Å². The van der Waals surface area contributed by atoms with Gasteiger partial charge in [0, 0.05) is 56.3 Å². The van der Waals surface area contributed by atoms with Crippen molar-refractivity contribution >= 4 is 17.5 Å². The second kappa shape index (κ2) is 11.8. The van der Waals surface area contributed by atoms with Gasteiger partial charge in [-0.2, -0.15) is 0 Å². The van der Waals surface area contributed by atoms with Gasteiger partial charge in [-0.3, -0.25) is 14.6 Å². The lowest BCUT2D eigenvalue weighted by Gasteiger charge is -2.38. The summed E-state index contributed by atoms with van der Waals surface area (Å²) in [5, 5.41) is 0.455. The number of piperazine rings is 1. The van der Waals surface area contributed by atoms with Gasteiger partial charge in [0.1, 0.15) is 5.82 Å². The first-order chi connectivity index (χ1) is 15.4. The molecule has 2 fully saturated rings. The van der Waals surface area contributed by atoms with Crippen molar-refractivity contribution in [2.24, 2.45) is 17.4 Å². The number of amides is 1. The molecule has 3 rings (SSSR count). The molecule has 0 aliphatic carbocycles. The Labute approximate surface area is 195 Å². The highest BCUT2D eigenvalue weighted by Crippen LogP contribution is 2.23. The van der Waals surface area contributed by atoms with E-state index in [9.17, 15) is 9.18 Å². The lowest BCUT2D eigenvalue weighted by Crippen LogP contribution is -2.51. The van der Waals surface area contributed by atoms with E-state index in [1.807, 2.05) is 24.0 Å². The van der Waals surface area contributed by atoms with Crippen molar-refractivity contribution in [1.29, 1.82) is 0 Å². The largest absolute Gasteiger partial charge is 0.405 e. The molecule has 2 heterocycles. The van der Waals surface area contributed by atoms with E-state index < -0.39 is 0 Å². The molecular weight excluding hydrogens is 429 g/mol. The van der Waals surface area contributed by atoms with E-state index in [0.717, 1.165) is 69.8 Å². The number of carbonyl (C=O) groups is 1. The molecule has 32 heavy (non-hydrogen) atoms. The number of nitrogens with two attached hydrogens (primary N) is 2. The SMILES string of the molecule is CC(N)/C=C(\C=C/N)CN1CCC(C(=O)N2CCN(Cc3ccc(F)cc3Cl)CC2)CC1. The van der Waals surface area contributed by atoms with Crippen molar-refractivity contribution < 1.29 is 9.18 Å². The van der Waals surface area contributed by atoms with Crippen LogP contribution in [-0.2, 0) is 11.3 Å². The van der Waals surface area contributed by atoms with Crippen LogP contribution in [0.4, 0.5) is 4.39 Å². The van der Waals surface area contributed by atoms with Gasteiger partial charge in [-0.15, -0.1) is 0 Å². The second-order valence-corrected chi connectivity index (χ2v) is 9.25. The van der Waals surface area contributed by atoms with Gasteiger partial charge < -0.3 is 16.4 Å². The molecule has 1 amide bonds. The van der Waals surface area contributed by atoms with Crippen LogP contribution in [0.5, 0.6) is 0 Å². The third kappa shape index (κ3) is 7.04. The highest BCUT2D eigenvalue weighted by Gasteiger charge is 2.30. The molecule has 6 nitrogen and oxygen atoms in total. The minimum absolute atomic E-state index is 0.0157. The van der Waals surface area contributed by atoms with Crippen molar-refractivity contribution in [1.82, 2.24) is 14.7 Å². The zero-order valence-corrected chi connectivity index (χ0v) is 19.6. The summed E-state index contributed by atoms with van der Waals surface area (Å²) in [5.74, 6) is 0.0461. The van der Waals surface area contributed by atoms with Crippen LogP contribution < -0.4 is 11.5 Å². The lowest BCUT2D eigenvalue weighted by atomic mass is 9.94. The minimum atomic E-state index is -0.322. The van der Waals surface area contributed by atoms with Crippen LogP contribution in [0.25, 0.3) is 0 Å². The first-order valence-corrected chi connectivity index (χ1v) is 11.8. The van der Waals surface area contributed by atoms with E-state index in [1.54, 1.807) is 12.3 Å². The van der Waals surface area contributed by atoms with Gasteiger partial charge in [0.2, 0.25) is 5.91 Å². The number of hydrogen-bond acceptors (Lipinski definition) is 5. The fourth-order valence-corrected chi connectivity index (χ4v) is 4.72. The van der Waals surface area contributed by atoms with Crippen LogP contribution >= 0.6 is 11.6 Å². The minimum Gasteiger partial charge on any atom is -0.405 e. The maximum absolute atomic E-state index is 13.3. The molecule has 2 aliphatic rings. The summed E-state index contributed by atoms with van der Waals surface area (Å²) in [6, 6.07) is 4.51.